The smallest absolute Gasteiger partial charge is 0.225 e. The van der Waals surface area contributed by atoms with Gasteiger partial charge < -0.3 is 20.3 Å². The summed E-state index contributed by atoms with van der Waals surface area (Å²) >= 11 is 7.26. The predicted octanol–water partition coefficient (Wildman–Crippen LogP) is 7.02. The topological polar surface area (TPSA) is 62.3 Å². The molecule has 8 heteroatoms. The molecule has 35 heavy (non-hydrogen) atoms. The van der Waals surface area contributed by atoms with Crippen LogP contribution < -0.4 is 20.3 Å². The van der Waals surface area contributed by atoms with E-state index in [2.05, 4.69) is 54.6 Å². The first kappa shape index (κ1) is 27.7. The first-order valence-electron chi connectivity index (χ1n) is 12.0. The summed E-state index contributed by atoms with van der Waals surface area (Å²) in [5.41, 5.74) is 2.15. The van der Waals surface area contributed by atoms with Gasteiger partial charge in [-0.25, -0.2) is 4.98 Å². The summed E-state index contributed by atoms with van der Waals surface area (Å²) in [6.45, 7) is 4.39. The van der Waals surface area contributed by atoms with Crippen molar-refractivity contribution in [1.82, 2.24) is 15.3 Å². The van der Waals surface area contributed by atoms with Gasteiger partial charge in [-0.15, -0.1) is 0 Å². The van der Waals surface area contributed by atoms with Crippen molar-refractivity contribution < 1.29 is 4.74 Å². The number of anilines is 2. The molecule has 1 fully saturated rings. The average Bonchev–Trinajstić information content (AvgIpc) is 2.82. The molecule has 1 heterocycles. The van der Waals surface area contributed by atoms with Gasteiger partial charge >= 0.3 is 0 Å². The molecular weight excluding hydrogens is 570 g/mol. The van der Waals surface area contributed by atoms with Gasteiger partial charge in [0.2, 0.25) is 5.95 Å². The first-order chi connectivity index (χ1) is 16.4. The van der Waals surface area contributed by atoms with Gasteiger partial charge in [-0.3, -0.25) is 0 Å². The van der Waals surface area contributed by atoms with Crippen LogP contribution in [-0.2, 0) is 6.54 Å². The molecule has 0 saturated heterocycles. The number of halogens is 2. The van der Waals surface area contributed by atoms with E-state index in [1.54, 1.807) is 0 Å². The maximum absolute atomic E-state index is 5.86. The maximum Gasteiger partial charge on any atom is 0.225 e. The number of nitrogens with zero attached hydrogens (tertiary/aromatic N) is 3. The highest BCUT2D eigenvalue weighted by Gasteiger charge is 2.22. The van der Waals surface area contributed by atoms with Crippen molar-refractivity contribution in [3.8, 4) is 5.75 Å². The van der Waals surface area contributed by atoms with Gasteiger partial charge in [0.1, 0.15) is 11.6 Å². The molecule has 6 nitrogen and oxygen atoms in total. The number of para-hydroxylation sites is 1. The van der Waals surface area contributed by atoms with Crippen LogP contribution in [0.2, 0.25) is 0 Å². The number of aromatic nitrogens is 2. The van der Waals surface area contributed by atoms with Crippen molar-refractivity contribution in [3.63, 3.8) is 0 Å². The van der Waals surface area contributed by atoms with Crippen LogP contribution in [0, 0.1) is 5.92 Å². The molecule has 3 aromatic rings. The quantitative estimate of drug-likeness (QED) is 0.273. The fraction of sp³-hybridized carbons (Fsp3) is 0.481. The molecule has 1 saturated carbocycles. The van der Waals surface area contributed by atoms with Crippen LogP contribution >= 0.6 is 31.9 Å². The lowest BCUT2D eigenvalue weighted by Gasteiger charge is -2.30. The zero-order valence-electron chi connectivity index (χ0n) is 20.1. The molecule has 190 valence electrons. The standard InChI is InChI=1S/C26H33Br2N5O.CH4/c1-4-34-24-14-18(27)13-22(28)21(24)16-29-19-11-9-17(10-12-19)15-30-26-31-23-8-6-5-7-20(23)25(32-26)33(2)3;/h5-8,13-14,17,19,29H,4,9-12,15-16H2,1-3H3,(H,30,31,32);1H4. The largest absolute Gasteiger partial charge is 0.493 e. The molecular formula is C27H37Br2N5O. The van der Waals surface area contributed by atoms with Crippen molar-refractivity contribution >= 4 is 54.5 Å². The van der Waals surface area contributed by atoms with Gasteiger partial charge in [0.25, 0.3) is 0 Å². The Balaban J connectivity index is 0.00000342. The lowest BCUT2D eigenvalue weighted by atomic mass is 9.86. The van der Waals surface area contributed by atoms with E-state index in [1.165, 1.54) is 31.2 Å². The summed E-state index contributed by atoms with van der Waals surface area (Å²) in [6.07, 6.45) is 4.73. The molecule has 2 N–H and O–H groups in total. The third-order valence-electron chi connectivity index (χ3n) is 6.39. The number of hydrogen-bond acceptors (Lipinski definition) is 6. The minimum atomic E-state index is 0. The Morgan fingerprint density at radius 1 is 1.06 bits per heavy atom. The fourth-order valence-electron chi connectivity index (χ4n) is 4.57. The van der Waals surface area contributed by atoms with E-state index < -0.39 is 0 Å². The number of benzene rings is 2. The highest BCUT2D eigenvalue weighted by Crippen LogP contribution is 2.32. The van der Waals surface area contributed by atoms with Crippen molar-refractivity contribution in [2.45, 2.75) is 52.6 Å². The Hall–Kier alpha value is -1.90. The monoisotopic (exact) mass is 605 g/mol. The highest BCUT2D eigenvalue weighted by molar-refractivity contribution is 9.11. The summed E-state index contributed by atoms with van der Waals surface area (Å²) < 4.78 is 7.95. The van der Waals surface area contributed by atoms with Crippen LogP contribution in [0.3, 0.4) is 0 Å². The molecule has 0 spiro atoms. The molecule has 0 unspecified atom stereocenters. The predicted molar refractivity (Wildman–Crippen MR) is 155 cm³/mol. The summed E-state index contributed by atoms with van der Waals surface area (Å²) in [6, 6.07) is 12.8. The third-order valence-corrected chi connectivity index (χ3v) is 7.55. The van der Waals surface area contributed by atoms with Crippen LogP contribution in [0.25, 0.3) is 10.9 Å². The lowest BCUT2D eigenvalue weighted by Crippen LogP contribution is -2.34. The number of rotatable bonds is 9. The Bertz CT molecular complexity index is 1120. The second-order valence-corrected chi connectivity index (χ2v) is 10.8. The van der Waals surface area contributed by atoms with Gasteiger partial charge in [-0.1, -0.05) is 51.4 Å². The normalized spacial score (nSPS) is 17.6. The van der Waals surface area contributed by atoms with Crippen molar-refractivity contribution in [1.29, 1.82) is 0 Å². The number of nitrogens with one attached hydrogen (secondary N) is 2. The van der Waals surface area contributed by atoms with E-state index >= 15 is 0 Å². The van der Waals surface area contributed by atoms with Gasteiger partial charge in [-0.2, -0.15) is 4.98 Å². The number of hydrogen-bond donors (Lipinski definition) is 2. The Labute approximate surface area is 226 Å². The van der Waals surface area contributed by atoms with Crippen LogP contribution in [0.15, 0.2) is 45.3 Å². The Morgan fingerprint density at radius 2 is 1.80 bits per heavy atom. The summed E-state index contributed by atoms with van der Waals surface area (Å²) in [5, 5.41) is 8.35. The Morgan fingerprint density at radius 3 is 2.51 bits per heavy atom. The van der Waals surface area contributed by atoms with Crippen molar-refractivity contribution in [3.05, 3.63) is 50.9 Å². The molecule has 2 aromatic carbocycles. The van der Waals surface area contributed by atoms with Crippen LogP contribution in [0.5, 0.6) is 5.75 Å². The molecule has 0 radical (unpaired) electrons. The van der Waals surface area contributed by atoms with Crippen LogP contribution in [0.1, 0.15) is 45.6 Å². The van der Waals surface area contributed by atoms with Gasteiger partial charge in [0.05, 0.1) is 12.1 Å². The fourth-order valence-corrected chi connectivity index (χ4v) is 5.89. The second kappa shape index (κ2) is 12.9. The molecule has 0 bridgehead atoms. The molecule has 4 rings (SSSR count). The minimum absolute atomic E-state index is 0. The zero-order chi connectivity index (χ0) is 24.1. The van der Waals surface area contributed by atoms with Gasteiger partial charge in [0, 0.05) is 53.1 Å². The first-order valence-corrected chi connectivity index (χ1v) is 13.5. The van der Waals surface area contributed by atoms with Crippen molar-refractivity contribution in [2.24, 2.45) is 5.92 Å². The molecule has 1 aliphatic rings. The maximum atomic E-state index is 5.86. The lowest BCUT2D eigenvalue weighted by molar-refractivity contribution is 0.296. The van der Waals surface area contributed by atoms with Gasteiger partial charge in [0.15, 0.2) is 0 Å². The van der Waals surface area contributed by atoms with Gasteiger partial charge in [-0.05, 0) is 62.8 Å². The van der Waals surface area contributed by atoms with Crippen LogP contribution in [0.4, 0.5) is 11.8 Å². The highest BCUT2D eigenvalue weighted by atomic mass is 79.9. The zero-order valence-corrected chi connectivity index (χ0v) is 23.2. The summed E-state index contributed by atoms with van der Waals surface area (Å²) in [5.74, 6) is 3.23. The SMILES string of the molecule is C.CCOc1cc(Br)cc(Br)c1CNC1CCC(CNc2nc(N(C)C)c3ccccc3n2)CC1. The molecule has 0 atom stereocenters. The molecule has 0 aliphatic heterocycles. The van der Waals surface area contributed by atoms with E-state index in [1.807, 2.05) is 50.2 Å². The summed E-state index contributed by atoms with van der Waals surface area (Å²) in [7, 11) is 4.05. The molecule has 0 amide bonds. The number of fused-ring (bicyclic) bond motifs is 1. The molecule has 1 aliphatic carbocycles. The van der Waals surface area contributed by atoms with E-state index in [0.717, 1.165) is 44.5 Å². The number of ether oxygens (including phenoxy) is 1. The van der Waals surface area contributed by atoms with Crippen molar-refractivity contribution in [2.75, 3.05) is 37.5 Å². The minimum Gasteiger partial charge on any atom is -0.493 e. The summed E-state index contributed by atoms with van der Waals surface area (Å²) in [4.78, 5) is 11.6. The van der Waals surface area contributed by atoms with E-state index in [-0.39, 0.29) is 7.43 Å². The van der Waals surface area contributed by atoms with E-state index in [4.69, 9.17) is 14.7 Å². The average molecular weight is 607 g/mol. The third kappa shape index (κ3) is 7.08. The second-order valence-electron chi connectivity index (χ2n) is 9.06. The van der Waals surface area contributed by atoms with E-state index in [0.29, 0.717) is 24.5 Å². The molecule has 1 aromatic heterocycles. The Kier molecular flexibility index (Phi) is 10.2. The van der Waals surface area contributed by atoms with E-state index in [9.17, 15) is 0 Å². The van der Waals surface area contributed by atoms with Crippen LogP contribution in [-0.4, -0.2) is 43.3 Å².